The third-order valence-corrected chi connectivity index (χ3v) is 10.2. The third-order valence-electron chi connectivity index (χ3n) is 10.2. The van der Waals surface area contributed by atoms with Crippen LogP contribution in [-0.2, 0) is 5.41 Å². The van der Waals surface area contributed by atoms with Gasteiger partial charge in [-0.05, 0) is 107 Å². The lowest BCUT2D eigenvalue weighted by Gasteiger charge is -2.40. The van der Waals surface area contributed by atoms with Crippen molar-refractivity contribution in [2.24, 2.45) is 0 Å². The van der Waals surface area contributed by atoms with Crippen LogP contribution in [-0.4, -0.2) is 0 Å². The monoisotopic (exact) mass is 617 g/mol. The van der Waals surface area contributed by atoms with Crippen molar-refractivity contribution in [2.75, 3.05) is 5.32 Å². The Bertz CT molecular complexity index is 2300. The Hall–Kier alpha value is -5.86. The Morgan fingerprint density at radius 1 is 0.438 bits per heavy atom. The minimum Gasteiger partial charge on any atom is -0.457 e. The van der Waals surface area contributed by atoms with Gasteiger partial charge in [0.2, 0.25) is 0 Å². The average molecular weight is 618 g/mol. The number of nitrogens with one attached hydrogen (secondary N) is 1. The van der Waals surface area contributed by atoms with Crippen molar-refractivity contribution in [1.82, 2.24) is 0 Å². The Morgan fingerprint density at radius 2 is 0.938 bits per heavy atom. The van der Waals surface area contributed by atoms with Crippen molar-refractivity contribution in [3.8, 4) is 44.9 Å². The van der Waals surface area contributed by atoms with Crippen LogP contribution < -0.4 is 10.1 Å². The van der Waals surface area contributed by atoms with Crippen LogP contribution in [0.1, 0.15) is 38.9 Å². The standard InChI is InChI=1S/C46H35NO/c1-29-25-30(2)45(31(3)26-29)47-36-22-24-44-42(28-36)46(39-15-9-7-13-37(39)38-14-8-10-16-40(38)46)41-27-35(21-23-43(41)48-44)34-19-17-33(18-20-34)32-11-5-4-6-12-32/h4-28,47H,1-3H3. The van der Waals surface area contributed by atoms with Crippen LogP contribution in [0.3, 0.4) is 0 Å². The molecule has 2 aliphatic rings. The maximum atomic E-state index is 6.80. The fourth-order valence-electron chi connectivity index (χ4n) is 8.17. The van der Waals surface area contributed by atoms with E-state index in [2.05, 4.69) is 178 Å². The van der Waals surface area contributed by atoms with Gasteiger partial charge in [-0.25, -0.2) is 0 Å². The molecule has 0 saturated carbocycles. The molecule has 0 unspecified atom stereocenters. The maximum Gasteiger partial charge on any atom is 0.132 e. The smallest absolute Gasteiger partial charge is 0.132 e. The number of anilines is 2. The second-order valence-electron chi connectivity index (χ2n) is 13.2. The Balaban J connectivity index is 1.25. The van der Waals surface area contributed by atoms with Gasteiger partial charge in [0.15, 0.2) is 0 Å². The van der Waals surface area contributed by atoms with Crippen LogP contribution in [0.4, 0.5) is 11.4 Å². The van der Waals surface area contributed by atoms with Crippen molar-refractivity contribution < 1.29 is 4.74 Å². The second kappa shape index (κ2) is 10.9. The van der Waals surface area contributed by atoms with Crippen LogP contribution in [0.25, 0.3) is 33.4 Å². The molecule has 0 aromatic heterocycles. The molecule has 0 amide bonds. The van der Waals surface area contributed by atoms with E-state index in [1.165, 1.54) is 61.2 Å². The zero-order valence-electron chi connectivity index (χ0n) is 27.3. The number of ether oxygens (including phenoxy) is 1. The SMILES string of the molecule is Cc1cc(C)c(Nc2ccc3c(c2)C2(c4cc(-c5ccc(-c6ccccc6)cc5)ccc4O3)c3ccccc3-c3ccccc32)c(C)c1. The zero-order valence-corrected chi connectivity index (χ0v) is 27.3. The Labute approximate surface area is 282 Å². The molecule has 0 saturated heterocycles. The van der Waals surface area contributed by atoms with Crippen LogP contribution in [0.2, 0.25) is 0 Å². The predicted octanol–water partition coefficient (Wildman–Crippen LogP) is 12.2. The summed E-state index contributed by atoms with van der Waals surface area (Å²) in [5.41, 5.74) is 17.6. The summed E-state index contributed by atoms with van der Waals surface area (Å²) in [6.07, 6.45) is 0. The van der Waals surface area contributed by atoms with Gasteiger partial charge in [-0.2, -0.15) is 0 Å². The van der Waals surface area contributed by atoms with E-state index in [9.17, 15) is 0 Å². The van der Waals surface area contributed by atoms with Gasteiger partial charge in [-0.15, -0.1) is 0 Å². The molecule has 230 valence electrons. The van der Waals surface area contributed by atoms with Crippen molar-refractivity contribution in [1.29, 1.82) is 0 Å². The number of hydrogen-bond acceptors (Lipinski definition) is 2. The van der Waals surface area contributed by atoms with Gasteiger partial charge in [0.1, 0.15) is 11.5 Å². The molecular weight excluding hydrogens is 583 g/mol. The number of rotatable bonds is 4. The largest absolute Gasteiger partial charge is 0.457 e. The molecule has 1 aliphatic heterocycles. The summed E-state index contributed by atoms with van der Waals surface area (Å²) in [6.45, 7) is 6.51. The van der Waals surface area contributed by atoms with Gasteiger partial charge in [0, 0.05) is 22.5 Å². The number of hydrogen-bond donors (Lipinski definition) is 1. The Kier molecular flexibility index (Phi) is 6.42. The highest BCUT2D eigenvalue weighted by Crippen LogP contribution is 2.62. The molecule has 48 heavy (non-hydrogen) atoms. The molecule has 0 bridgehead atoms. The molecule has 0 radical (unpaired) electrons. The highest BCUT2D eigenvalue weighted by molar-refractivity contribution is 5.90. The fourth-order valence-corrected chi connectivity index (χ4v) is 8.17. The van der Waals surface area contributed by atoms with E-state index in [0.29, 0.717) is 0 Å². The summed E-state index contributed by atoms with van der Waals surface area (Å²) in [4.78, 5) is 0. The number of aryl methyl sites for hydroxylation is 3. The lowest BCUT2D eigenvalue weighted by atomic mass is 9.65. The molecule has 1 heterocycles. The normalized spacial score (nSPS) is 13.2. The summed E-state index contributed by atoms with van der Waals surface area (Å²) in [7, 11) is 0. The van der Waals surface area contributed by atoms with Crippen molar-refractivity contribution >= 4 is 11.4 Å². The van der Waals surface area contributed by atoms with Crippen LogP contribution in [0.5, 0.6) is 11.5 Å². The molecule has 2 heteroatoms. The molecule has 9 rings (SSSR count). The molecule has 1 spiro atoms. The fraction of sp³-hybridized carbons (Fsp3) is 0.0870. The van der Waals surface area contributed by atoms with Crippen molar-refractivity contribution in [3.05, 3.63) is 191 Å². The van der Waals surface area contributed by atoms with Crippen molar-refractivity contribution in [3.63, 3.8) is 0 Å². The van der Waals surface area contributed by atoms with Crippen LogP contribution in [0.15, 0.2) is 152 Å². The molecular formula is C46H35NO. The van der Waals surface area contributed by atoms with E-state index in [0.717, 1.165) is 34.0 Å². The van der Waals surface area contributed by atoms with Crippen molar-refractivity contribution in [2.45, 2.75) is 26.2 Å². The maximum absolute atomic E-state index is 6.80. The van der Waals surface area contributed by atoms with E-state index >= 15 is 0 Å². The van der Waals surface area contributed by atoms with E-state index in [1.54, 1.807) is 0 Å². The highest BCUT2D eigenvalue weighted by Gasteiger charge is 2.51. The minimum absolute atomic E-state index is 0.550. The van der Waals surface area contributed by atoms with E-state index in [1.807, 2.05) is 0 Å². The van der Waals surface area contributed by atoms with Gasteiger partial charge in [-0.3, -0.25) is 0 Å². The molecule has 7 aromatic rings. The first-order valence-corrected chi connectivity index (χ1v) is 16.7. The number of benzene rings is 7. The lowest BCUT2D eigenvalue weighted by molar-refractivity contribution is 0.436. The summed E-state index contributed by atoms with van der Waals surface area (Å²) in [6, 6.07) is 55.1. The summed E-state index contributed by atoms with van der Waals surface area (Å²) in [5.74, 6) is 1.78. The molecule has 1 aliphatic carbocycles. The van der Waals surface area contributed by atoms with E-state index in [-0.39, 0.29) is 0 Å². The second-order valence-corrected chi connectivity index (χ2v) is 13.2. The van der Waals surface area contributed by atoms with E-state index < -0.39 is 5.41 Å². The van der Waals surface area contributed by atoms with Gasteiger partial charge in [0.05, 0.1) is 5.41 Å². The summed E-state index contributed by atoms with van der Waals surface area (Å²) >= 11 is 0. The molecule has 0 fully saturated rings. The average Bonchev–Trinajstić information content (AvgIpc) is 3.41. The minimum atomic E-state index is -0.550. The quantitative estimate of drug-likeness (QED) is 0.212. The predicted molar refractivity (Wildman–Crippen MR) is 199 cm³/mol. The first kappa shape index (κ1) is 28.4. The molecule has 0 atom stereocenters. The summed E-state index contributed by atoms with van der Waals surface area (Å²) in [5, 5.41) is 3.80. The highest BCUT2D eigenvalue weighted by atomic mass is 16.5. The molecule has 7 aromatic carbocycles. The van der Waals surface area contributed by atoms with E-state index in [4.69, 9.17) is 4.74 Å². The van der Waals surface area contributed by atoms with Gasteiger partial charge in [0.25, 0.3) is 0 Å². The summed E-state index contributed by atoms with van der Waals surface area (Å²) < 4.78 is 6.80. The first-order chi connectivity index (χ1) is 23.5. The topological polar surface area (TPSA) is 21.3 Å². The lowest BCUT2D eigenvalue weighted by Crippen LogP contribution is -2.32. The number of fused-ring (bicyclic) bond motifs is 9. The zero-order chi connectivity index (χ0) is 32.4. The third kappa shape index (κ3) is 4.26. The molecule has 2 nitrogen and oxygen atoms in total. The van der Waals surface area contributed by atoms with Crippen LogP contribution in [0, 0.1) is 20.8 Å². The Morgan fingerprint density at radius 3 is 1.58 bits per heavy atom. The van der Waals surface area contributed by atoms with Gasteiger partial charge < -0.3 is 10.1 Å². The first-order valence-electron chi connectivity index (χ1n) is 16.7. The van der Waals surface area contributed by atoms with Crippen LogP contribution >= 0.6 is 0 Å². The van der Waals surface area contributed by atoms with Gasteiger partial charge >= 0.3 is 0 Å². The molecule has 1 N–H and O–H groups in total. The van der Waals surface area contributed by atoms with Gasteiger partial charge in [-0.1, -0.05) is 127 Å².